The second kappa shape index (κ2) is 8.06. The molecule has 8 nitrogen and oxygen atoms in total. The van der Waals surface area contributed by atoms with Crippen molar-refractivity contribution in [3.8, 4) is 11.5 Å². The van der Waals surface area contributed by atoms with Crippen LogP contribution in [0.5, 0.6) is 0 Å². The first-order chi connectivity index (χ1) is 13.2. The molecule has 0 aromatic carbocycles. The second-order valence-corrected chi connectivity index (χ2v) is 7.28. The molecule has 0 atom stereocenters. The number of hydrazine groups is 1. The first-order valence-electron chi connectivity index (χ1n) is 9.55. The normalized spacial score (nSPS) is 20.0. The lowest BCUT2D eigenvalue weighted by molar-refractivity contribution is -0.131. The Morgan fingerprint density at radius 1 is 1.07 bits per heavy atom. The summed E-state index contributed by atoms with van der Waals surface area (Å²) in [5.41, 5.74) is 3.82. The highest BCUT2D eigenvalue weighted by molar-refractivity contribution is 5.78. The van der Waals surface area contributed by atoms with E-state index in [0.717, 1.165) is 63.6 Å². The Kier molecular flexibility index (Phi) is 5.35. The molecule has 2 fully saturated rings. The standard InChI is InChI=1S/C19H26N6O2/c1-23-10-12-25(13-11-23)22-19(26)15-6-8-24(9-7-15)18-5-4-16(20-21-18)17-3-2-14-27-17/h2-5,14-15H,6-13H2,1H3,(H,22,26). The molecule has 2 aromatic heterocycles. The molecule has 2 saturated heterocycles. The summed E-state index contributed by atoms with van der Waals surface area (Å²) < 4.78 is 5.35. The molecule has 0 saturated carbocycles. The molecule has 0 spiro atoms. The van der Waals surface area contributed by atoms with Gasteiger partial charge in [0.25, 0.3) is 0 Å². The van der Waals surface area contributed by atoms with Gasteiger partial charge in [-0.05, 0) is 44.2 Å². The number of aromatic nitrogens is 2. The van der Waals surface area contributed by atoms with Crippen LogP contribution < -0.4 is 10.3 Å². The molecule has 0 unspecified atom stereocenters. The summed E-state index contributed by atoms with van der Waals surface area (Å²) >= 11 is 0. The number of furan rings is 1. The lowest BCUT2D eigenvalue weighted by Crippen LogP contribution is -2.54. The number of hydrogen-bond donors (Lipinski definition) is 1. The third-order valence-corrected chi connectivity index (χ3v) is 5.39. The molecule has 4 heterocycles. The largest absolute Gasteiger partial charge is 0.463 e. The van der Waals surface area contributed by atoms with Crippen molar-refractivity contribution in [3.63, 3.8) is 0 Å². The molecule has 4 rings (SSSR count). The van der Waals surface area contributed by atoms with E-state index in [2.05, 4.69) is 32.5 Å². The SMILES string of the molecule is CN1CCN(NC(=O)C2CCN(c3ccc(-c4ccco4)nn3)CC2)CC1. The van der Waals surface area contributed by atoms with Crippen LogP contribution in [-0.4, -0.2) is 72.3 Å². The summed E-state index contributed by atoms with van der Waals surface area (Å²) in [5.74, 6) is 1.78. The van der Waals surface area contributed by atoms with Crippen molar-refractivity contribution in [2.75, 3.05) is 51.2 Å². The number of nitrogens with one attached hydrogen (secondary N) is 1. The molecule has 1 amide bonds. The molecule has 27 heavy (non-hydrogen) atoms. The summed E-state index contributed by atoms with van der Waals surface area (Å²) in [6, 6.07) is 7.60. The van der Waals surface area contributed by atoms with E-state index in [1.807, 2.05) is 29.3 Å². The fraction of sp³-hybridized carbons (Fsp3) is 0.526. The van der Waals surface area contributed by atoms with Crippen LogP contribution in [-0.2, 0) is 4.79 Å². The number of nitrogens with zero attached hydrogens (tertiary/aromatic N) is 5. The zero-order chi connectivity index (χ0) is 18.6. The molecular formula is C19H26N6O2. The van der Waals surface area contributed by atoms with Crippen LogP contribution in [0.1, 0.15) is 12.8 Å². The molecule has 0 aliphatic carbocycles. The van der Waals surface area contributed by atoms with Gasteiger partial charge in [0.2, 0.25) is 5.91 Å². The molecule has 8 heteroatoms. The number of hydrogen-bond acceptors (Lipinski definition) is 7. The van der Waals surface area contributed by atoms with E-state index in [-0.39, 0.29) is 11.8 Å². The number of likely N-dealkylation sites (N-methyl/N-ethyl adjacent to an activating group) is 1. The summed E-state index contributed by atoms with van der Waals surface area (Å²) in [6.07, 6.45) is 3.30. The number of rotatable bonds is 4. The Hall–Kier alpha value is -2.45. The molecule has 1 N–H and O–H groups in total. The maximum atomic E-state index is 12.5. The van der Waals surface area contributed by atoms with Gasteiger partial charge in [-0.1, -0.05) is 0 Å². The van der Waals surface area contributed by atoms with Crippen molar-refractivity contribution in [3.05, 3.63) is 30.5 Å². The van der Waals surface area contributed by atoms with Gasteiger partial charge in [-0.2, -0.15) is 0 Å². The van der Waals surface area contributed by atoms with Gasteiger partial charge < -0.3 is 14.2 Å². The Labute approximate surface area is 159 Å². The van der Waals surface area contributed by atoms with E-state index in [1.54, 1.807) is 6.26 Å². The third kappa shape index (κ3) is 4.28. The minimum Gasteiger partial charge on any atom is -0.463 e. The quantitative estimate of drug-likeness (QED) is 0.867. The average Bonchev–Trinajstić information content (AvgIpc) is 3.25. The molecular weight excluding hydrogens is 344 g/mol. The van der Waals surface area contributed by atoms with Gasteiger partial charge in [-0.25, -0.2) is 5.01 Å². The molecule has 0 bridgehead atoms. The van der Waals surface area contributed by atoms with Crippen LogP contribution in [0.3, 0.4) is 0 Å². The van der Waals surface area contributed by atoms with Gasteiger partial charge in [-0.3, -0.25) is 10.2 Å². The minimum absolute atomic E-state index is 0.0660. The number of amides is 1. The van der Waals surface area contributed by atoms with Crippen molar-refractivity contribution in [2.24, 2.45) is 5.92 Å². The van der Waals surface area contributed by atoms with Crippen molar-refractivity contribution in [1.82, 2.24) is 25.5 Å². The Bertz CT molecular complexity index is 732. The predicted octanol–water partition coefficient (Wildman–Crippen LogP) is 1.23. The fourth-order valence-corrected chi connectivity index (χ4v) is 3.59. The van der Waals surface area contributed by atoms with Crippen molar-refractivity contribution in [2.45, 2.75) is 12.8 Å². The highest BCUT2D eigenvalue weighted by Crippen LogP contribution is 2.23. The van der Waals surface area contributed by atoms with Gasteiger partial charge in [-0.15, -0.1) is 10.2 Å². The third-order valence-electron chi connectivity index (χ3n) is 5.39. The highest BCUT2D eigenvalue weighted by Gasteiger charge is 2.27. The average molecular weight is 370 g/mol. The van der Waals surface area contributed by atoms with Gasteiger partial charge >= 0.3 is 0 Å². The van der Waals surface area contributed by atoms with Crippen LogP contribution in [0.2, 0.25) is 0 Å². The number of carbonyl (C=O) groups is 1. The van der Waals surface area contributed by atoms with E-state index >= 15 is 0 Å². The zero-order valence-corrected chi connectivity index (χ0v) is 15.7. The Morgan fingerprint density at radius 3 is 2.48 bits per heavy atom. The number of piperazine rings is 1. The summed E-state index contributed by atoms with van der Waals surface area (Å²) in [7, 11) is 2.11. The first kappa shape index (κ1) is 17.9. The van der Waals surface area contributed by atoms with Gasteiger partial charge in [0, 0.05) is 45.2 Å². The van der Waals surface area contributed by atoms with Crippen LogP contribution in [0.15, 0.2) is 34.9 Å². The van der Waals surface area contributed by atoms with Crippen LogP contribution in [0.25, 0.3) is 11.5 Å². The van der Waals surface area contributed by atoms with Crippen LogP contribution in [0, 0.1) is 5.92 Å². The summed E-state index contributed by atoms with van der Waals surface area (Å²) in [6.45, 7) is 5.39. The van der Waals surface area contributed by atoms with E-state index in [4.69, 9.17) is 4.42 Å². The van der Waals surface area contributed by atoms with E-state index < -0.39 is 0 Å². The predicted molar refractivity (Wildman–Crippen MR) is 102 cm³/mol. The van der Waals surface area contributed by atoms with E-state index in [0.29, 0.717) is 5.76 Å². The van der Waals surface area contributed by atoms with Gasteiger partial charge in [0.15, 0.2) is 11.6 Å². The molecule has 2 aliphatic rings. The zero-order valence-electron chi connectivity index (χ0n) is 15.7. The maximum absolute atomic E-state index is 12.5. The monoisotopic (exact) mass is 370 g/mol. The highest BCUT2D eigenvalue weighted by atomic mass is 16.3. The first-order valence-corrected chi connectivity index (χ1v) is 9.55. The van der Waals surface area contributed by atoms with Crippen LogP contribution >= 0.6 is 0 Å². The fourth-order valence-electron chi connectivity index (χ4n) is 3.59. The van der Waals surface area contributed by atoms with Crippen molar-refractivity contribution in [1.29, 1.82) is 0 Å². The topological polar surface area (TPSA) is 77.7 Å². The summed E-state index contributed by atoms with van der Waals surface area (Å²) in [4.78, 5) is 17.0. The molecule has 144 valence electrons. The van der Waals surface area contributed by atoms with Crippen molar-refractivity contribution >= 4 is 11.7 Å². The number of anilines is 1. The van der Waals surface area contributed by atoms with Gasteiger partial charge in [0.1, 0.15) is 5.69 Å². The number of carbonyl (C=O) groups excluding carboxylic acids is 1. The second-order valence-electron chi connectivity index (χ2n) is 7.28. The Balaban J connectivity index is 1.28. The lowest BCUT2D eigenvalue weighted by Gasteiger charge is -2.35. The smallest absolute Gasteiger partial charge is 0.237 e. The summed E-state index contributed by atoms with van der Waals surface area (Å²) in [5, 5.41) is 10.6. The minimum atomic E-state index is 0.0660. The van der Waals surface area contributed by atoms with E-state index in [9.17, 15) is 4.79 Å². The molecule has 0 radical (unpaired) electrons. The van der Waals surface area contributed by atoms with Crippen LogP contribution in [0.4, 0.5) is 5.82 Å². The molecule has 2 aliphatic heterocycles. The Morgan fingerprint density at radius 2 is 1.85 bits per heavy atom. The number of piperidine rings is 1. The van der Waals surface area contributed by atoms with Gasteiger partial charge in [0.05, 0.1) is 6.26 Å². The maximum Gasteiger partial charge on any atom is 0.237 e. The van der Waals surface area contributed by atoms with Crippen molar-refractivity contribution < 1.29 is 9.21 Å². The lowest BCUT2D eigenvalue weighted by atomic mass is 9.96. The van der Waals surface area contributed by atoms with E-state index in [1.165, 1.54) is 0 Å². The molecule has 2 aromatic rings.